The van der Waals surface area contributed by atoms with Crippen molar-refractivity contribution in [3.05, 3.63) is 35.4 Å². The van der Waals surface area contributed by atoms with E-state index in [9.17, 15) is 13.9 Å². The molecule has 0 amide bonds. The molecule has 1 aliphatic rings. The highest BCUT2D eigenvalue weighted by Gasteiger charge is 2.16. The molecule has 0 aromatic heterocycles. The largest absolute Gasteiger partial charge is 0.387 e. The van der Waals surface area contributed by atoms with Gasteiger partial charge in [-0.3, -0.25) is 0 Å². The number of nitrogens with one attached hydrogen (secondary N) is 1. The summed E-state index contributed by atoms with van der Waals surface area (Å²) in [6.45, 7) is 5.50. The van der Waals surface area contributed by atoms with Crippen LogP contribution in [0.1, 0.15) is 37.9 Å². The molecule has 1 fully saturated rings. The highest BCUT2D eigenvalue weighted by Crippen LogP contribution is 2.17. The van der Waals surface area contributed by atoms with E-state index in [0.717, 1.165) is 25.7 Å². The lowest BCUT2D eigenvalue weighted by molar-refractivity contribution is 0.156. The lowest BCUT2D eigenvalue weighted by atomic mass is 10.1. The van der Waals surface area contributed by atoms with E-state index in [4.69, 9.17) is 0 Å². The third kappa shape index (κ3) is 5.02. The van der Waals surface area contributed by atoms with Crippen molar-refractivity contribution in [1.82, 2.24) is 10.2 Å². The molecule has 1 aliphatic heterocycles. The average molecular weight is 298 g/mol. The van der Waals surface area contributed by atoms with Crippen molar-refractivity contribution in [3.63, 3.8) is 0 Å². The quantitative estimate of drug-likeness (QED) is 0.847. The molecule has 0 radical (unpaired) electrons. The fourth-order valence-electron chi connectivity index (χ4n) is 2.79. The van der Waals surface area contributed by atoms with E-state index >= 15 is 0 Å². The summed E-state index contributed by atoms with van der Waals surface area (Å²) in [5.74, 6) is -1.33. The van der Waals surface area contributed by atoms with Crippen molar-refractivity contribution in [3.8, 4) is 0 Å². The van der Waals surface area contributed by atoms with Crippen LogP contribution in [0.5, 0.6) is 0 Å². The molecular formula is C16H24F2N2O. The normalized spacial score (nSPS) is 19.4. The lowest BCUT2D eigenvalue weighted by Gasteiger charge is -2.29. The second kappa shape index (κ2) is 7.82. The summed E-state index contributed by atoms with van der Waals surface area (Å²) in [6, 6.07) is 3.49. The van der Waals surface area contributed by atoms with Gasteiger partial charge >= 0.3 is 0 Å². The number of hydrogen-bond donors (Lipinski definition) is 2. The van der Waals surface area contributed by atoms with Gasteiger partial charge in [0, 0.05) is 30.8 Å². The van der Waals surface area contributed by atoms with Crippen molar-refractivity contribution in [1.29, 1.82) is 0 Å². The van der Waals surface area contributed by atoms with Crippen molar-refractivity contribution in [2.75, 3.05) is 26.2 Å². The van der Waals surface area contributed by atoms with Crippen molar-refractivity contribution >= 4 is 0 Å². The lowest BCUT2D eigenvalue weighted by Crippen LogP contribution is -2.42. The average Bonchev–Trinajstić information content (AvgIpc) is 2.46. The maximum atomic E-state index is 13.6. The van der Waals surface area contributed by atoms with Crippen LogP contribution in [0, 0.1) is 11.6 Å². The number of benzene rings is 1. The monoisotopic (exact) mass is 298 g/mol. The fraction of sp³-hybridized carbons (Fsp3) is 0.625. The Balaban J connectivity index is 1.78. The number of piperidine rings is 1. The third-order valence-corrected chi connectivity index (χ3v) is 3.96. The van der Waals surface area contributed by atoms with E-state index in [1.54, 1.807) is 0 Å². The molecule has 3 nitrogen and oxygen atoms in total. The second-order valence-electron chi connectivity index (χ2n) is 5.85. The zero-order chi connectivity index (χ0) is 15.2. The number of aliphatic hydroxyl groups excluding tert-OH is 1. The summed E-state index contributed by atoms with van der Waals surface area (Å²) in [7, 11) is 0. The van der Waals surface area contributed by atoms with Crippen molar-refractivity contribution in [2.24, 2.45) is 0 Å². The molecule has 0 aliphatic carbocycles. The molecule has 21 heavy (non-hydrogen) atoms. The standard InChI is InChI=1S/C16H24F2N2O/c1-12(11-20-7-3-2-4-8-20)19-10-16(21)14-6-5-13(17)9-15(14)18/h5-6,9,12,16,19,21H,2-4,7-8,10-11H2,1H3. The van der Waals surface area contributed by atoms with Gasteiger partial charge in [-0.15, -0.1) is 0 Å². The Morgan fingerprint density at radius 2 is 1.95 bits per heavy atom. The first-order valence-electron chi connectivity index (χ1n) is 7.65. The van der Waals surface area contributed by atoms with Crippen LogP contribution in [-0.2, 0) is 0 Å². The Morgan fingerprint density at radius 3 is 2.62 bits per heavy atom. The topological polar surface area (TPSA) is 35.5 Å². The molecule has 5 heteroatoms. The van der Waals surface area contributed by atoms with Gasteiger partial charge in [-0.2, -0.15) is 0 Å². The predicted octanol–water partition coefficient (Wildman–Crippen LogP) is 2.46. The second-order valence-corrected chi connectivity index (χ2v) is 5.85. The Kier molecular flexibility index (Phi) is 6.08. The summed E-state index contributed by atoms with van der Waals surface area (Å²) in [5.41, 5.74) is 0.133. The van der Waals surface area contributed by atoms with E-state index in [1.807, 2.05) is 0 Å². The van der Waals surface area contributed by atoms with Crippen LogP contribution in [0.25, 0.3) is 0 Å². The van der Waals surface area contributed by atoms with Gasteiger partial charge in [-0.05, 0) is 38.9 Å². The molecule has 0 spiro atoms. The van der Waals surface area contributed by atoms with Crippen LogP contribution in [0.3, 0.4) is 0 Å². The van der Waals surface area contributed by atoms with Gasteiger partial charge in [0.25, 0.3) is 0 Å². The maximum Gasteiger partial charge on any atom is 0.131 e. The Bertz CT molecular complexity index is 450. The summed E-state index contributed by atoms with van der Waals surface area (Å²) in [5, 5.41) is 13.2. The van der Waals surface area contributed by atoms with Gasteiger partial charge in [-0.1, -0.05) is 12.5 Å². The van der Waals surface area contributed by atoms with Crippen molar-refractivity contribution in [2.45, 2.75) is 38.3 Å². The van der Waals surface area contributed by atoms with Crippen LogP contribution < -0.4 is 5.32 Å². The van der Waals surface area contributed by atoms with E-state index < -0.39 is 17.7 Å². The SMILES string of the molecule is CC(CN1CCCCC1)NCC(O)c1ccc(F)cc1F. The van der Waals surface area contributed by atoms with Crippen LogP contribution in [0.4, 0.5) is 8.78 Å². The molecule has 2 unspecified atom stereocenters. The number of likely N-dealkylation sites (tertiary alicyclic amines) is 1. The summed E-state index contributed by atoms with van der Waals surface area (Å²) < 4.78 is 26.4. The number of halogens is 2. The molecule has 118 valence electrons. The number of rotatable bonds is 6. The number of hydrogen-bond acceptors (Lipinski definition) is 3. The van der Waals surface area contributed by atoms with Crippen molar-refractivity contribution < 1.29 is 13.9 Å². The molecule has 1 heterocycles. The third-order valence-electron chi connectivity index (χ3n) is 3.96. The molecule has 1 saturated heterocycles. The molecule has 2 rings (SSSR count). The highest BCUT2D eigenvalue weighted by atomic mass is 19.1. The van der Waals surface area contributed by atoms with E-state index in [-0.39, 0.29) is 18.2 Å². The fourth-order valence-corrected chi connectivity index (χ4v) is 2.79. The zero-order valence-electron chi connectivity index (χ0n) is 12.5. The molecular weight excluding hydrogens is 274 g/mol. The van der Waals surface area contributed by atoms with Gasteiger partial charge in [-0.25, -0.2) is 8.78 Å². The van der Waals surface area contributed by atoms with Gasteiger partial charge in [0.1, 0.15) is 11.6 Å². The zero-order valence-corrected chi connectivity index (χ0v) is 12.5. The Labute approximate surface area is 125 Å². The predicted molar refractivity (Wildman–Crippen MR) is 79.1 cm³/mol. The molecule has 1 aromatic rings. The summed E-state index contributed by atoms with van der Waals surface area (Å²) in [6.07, 6.45) is 2.84. The molecule has 0 bridgehead atoms. The van der Waals surface area contributed by atoms with Crippen LogP contribution in [0.15, 0.2) is 18.2 Å². The van der Waals surface area contributed by atoms with Gasteiger partial charge < -0.3 is 15.3 Å². The van der Waals surface area contributed by atoms with Crippen LogP contribution in [-0.4, -0.2) is 42.2 Å². The molecule has 2 N–H and O–H groups in total. The van der Waals surface area contributed by atoms with E-state index in [1.165, 1.54) is 31.4 Å². The number of aliphatic hydroxyl groups is 1. The Morgan fingerprint density at radius 1 is 1.24 bits per heavy atom. The van der Waals surface area contributed by atoms with Gasteiger partial charge in [0.2, 0.25) is 0 Å². The number of nitrogens with zero attached hydrogens (tertiary/aromatic N) is 1. The highest BCUT2D eigenvalue weighted by molar-refractivity contribution is 5.21. The first kappa shape index (κ1) is 16.3. The maximum absolute atomic E-state index is 13.6. The van der Waals surface area contributed by atoms with Crippen LogP contribution in [0.2, 0.25) is 0 Å². The minimum Gasteiger partial charge on any atom is -0.387 e. The molecule has 0 saturated carbocycles. The summed E-state index contributed by atoms with van der Waals surface area (Å²) in [4.78, 5) is 2.41. The molecule has 1 aromatic carbocycles. The summed E-state index contributed by atoms with van der Waals surface area (Å²) >= 11 is 0. The first-order valence-corrected chi connectivity index (χ1v) is 7.65. The minimum absolute atomic E-state index is 0.133. The van der Waals surface area contributed by atoms with E-state index in [0.29, 0.717) is 0 Å². The Hall–Kier alpha value is -1.04. The van der Waals surface area contributed by atoms with Gasteiger partial charge in [0.05, 0.1) is 6.10 Å². The molecule has 2 atom stereocenters. The minimum atomic E-state index is -0.964. The van der Waals surface area contributed by atoms with Crippen LogP contribution >= 0.6 is 0 Å². The van der Waals surface area contributed by atoms with E-state index in [2.05, 4.69) is 17.1 Å². The first-order chi connectivity index (χ1) is 10.1. The van der Waals surface area contributed by atoms with Gasteiger partial charge in [0.15, 0.2) is 0 Å². The smallest absolute Gasteiger partial charge is 0.131 e.